The lowest BCUT2D eigenvalue weighted by Crippen LogP contribution is -2.00. The van der Waals surface area contributed by atoms with Crippen LogP contribution >= 0.6 is 11.8 Å². The molecule has 1 aliphatic heterocycles. The number of furan rings is 1. The average Bonchev–Trinajstić information content (AvgIpc) is 3.75. The van der Waals surface area contributed by atoms with Gasteiger partial charge >= 0.3 is 0 Å². The molecule has 1 aliphatic carbocycles. The van der Waals surface area contributed by atoms with Crippen molar-refractivity contribution < 1.29 is 4.42 Å². The Balaban J connectivity index is 1.03. The summed E-state index contributed by atoms with van der Waals surface area (Å²) in [5, 5.41) is 9.99. The molecule has 0 spiro atoms. The van der Waals surface area contributed by atoms with Crippen molar-refractivity contribution in [3.8, 4) is 22.3 Å². The number of hydrogen-bond acceptors (Lipinski definition) is 2. The van der Waals surface area contributed by atoms with Crippen LogP contribution < -0.4 is 0 Å². The molecule has 0 saturated carbocycles. The fourth-order valence-corrected chi connectivity index (χ4v) is 9.97. The molecule has 1 unspecified atom stereocenters. The van der Waals surface area contributed by atoms with Crippen molar-refractivity contribution in [1.29, 1.82) is 0 Å². The molecule has 9 aromatic rings. The standard InChI is InChI=1S/C48H30OS/c1-2-11-29(12-3-1)44-36-16-4-6-18-38(36)45(39-19-7-5-17-37(39)44)33-14-10-13-31(27-33)32-23-24-35-41-26-22-30-21-25-40-34-15-8-9-20-42(34)49-47(40)46(30)48(41)50-43(35)28-32/h1-23,25-28,35H,24H2. The van der Waals surface area contributed by atoms with E-state index >= 15 is 0 Å². The monoisotopic (exact) mass is 654 g/mol. The Labute approximate surface area is 294 Å². The third-order valence-electron chi connectivity index (χ3n) is 10.8. The van der Waals surface area contributed by atoms with Gasteiger partial charge in [-0.2, -0.15) is 0 Å². The highest BCUT2D eigenvalue weighted by Crippen LogP contribution is 2.56. The number of benzene rings is 8. The number of rotatable bonds is 3. The zero-order valence-electron chi connectivity index (χ0n) is 27.2. The highest BCUT2D eigenvalue weighted by molar-refractivity contribution is 8.03. The first-order valence-corrected chi connectivity index (χ1v) is 18.2. The van der Waals surface area contributed by atoms with E-state index < -0.39 is 0 Å². The average molecular weight is 655 g/mol. The molecule has 0 radical (unpaired) electrons. The van der Waals surface area contributed by atoms with Crippen LogP contribution in [0.15, 0.2) is 178 Å². The van der Waals surface area contributed by atoms with E-state index in [1.165, 1.54) is 91.8 Å². The zero-order valence-corrected chi connectivity index (χ0v) is 28.0. The molecule has 1 aromatic heterocycles. The molecule has 2 aliphatic rings. The summed E-state index contributed by atoms with van der Waals surface area (Å²) in [7, 11) is 0. The van der Waals surface area contributed by atoms with Gasteiger partial charge in [0.15, 0.2) is 0 Å². The van der Waals surface area contributed by atoms with Crippen molar-refractivity contribution in [3.63, 3.8) is 0 Å². The van der Waals surface area contributed by atoms with Crippen molar-refractivity contribution in [2.24, 2.45) is 0 Å². The molecule has 1 nitrogen and oxygen atoms in total. The van der Waals surface area contributed by atoms with E-state index in [1.807, 2.05) is 11.8 Å². The lowest BCUT2D eigenvalue weighted by Gasteiger charge is -2.20. The number of allylic oxidation sites excluding steroid dienone is 4. The summed E-state index contributed by atoms with van der Waals surface area (Å²) in [6.07, 6.45) is 5.88. The molecule has 8 aromatic carbocycles. The fourth-order valence-electron chi connectivity index (χ4n) is 8.54. The third kappa shape index (κ3) is 4.09. The van der Waals surface area contributed by atoms with Crippen LogP contribution in [0.4, 0.5) is 0 Å². The van der Waals surface area contributed by atoms with Crippen LogP contribution in [0.2, 0.25) is 0 Å². The molecule has 234 valence electrons. The molecular weight excluding hydrogens is 625 g/mol. The molecule has 11 rings (SSSR count). The Bertz CT molecular complexity index is 2870. The minimum Gasteiger partial charge on any atom is -0.455 e. The van der Waals surface area contributed by atoms with Gasteiger partial charge in [0.05, 0.1) is 0 Å². The number of fused-ring (bicyclic) bond motifs is 11. The second kappa shape index (κ2) is 10.8. The minimum absolute atomic E-state index is 0.379. The van der Waals surface area contributed by atoms with Crippen LogP contribution in [0.5, 0.6) is 0 Å². The fraction of sp³-hybridized carbons (Fsp3) is 0.0417. The van der Waals surface area contributed by atoms with Gasteiger partial charge in [-0.15, -0.1) is 0 Å². The SMILES string of the molecule is C1=C(c2cccc(-c3c4ccccc4c(-c4ccccc4)c4ccccc34)c2)C=C2Sc3c(ccc4ccc5c6ccccc6oc5c34)C2C1. The summed E-state index contributed by atoms with van der Waals surface area (Å²) in [6.45, 7) is 0. The lowest BCUT2D eigenvalue weighted by molar-refractivity contribution is 0.672. The van der Waals surface area contributed by atoms with E-state index in [-0.39, 0.29) is 0 Å². The molecule has 50 heavy (non-hydrogen) atoms. The van der Waals surface area contributed by atoms with Crippen LogP contribution in [0.1, 0.15) is 23.5 Å². The Kier molecular flexibility index (Phi) is 6.08. The quantitative estimate of drug-likeness (QED) is 0.176. The van der Waals surface area contributed by atoms with E-state index in [0.717, 1.165) is 17.6 Å². The van der Waals surface area contributed by atoms with Crippen LogP contribution in [-0.4, -0.2) is 0 Å². The number of para-hydroxylation sites is 1. The van der Waals surface area contributed by atoms with Crippen LogP contribution in [0.3, 0.4) is 0 Å². The van der Waals surface area contributed by atoms with Crippen molar-refractivity contribution in [3.05, 3.63) is 180 Å². The van der Waals surface area contributed by atoms with Gasteiger partial charge in [0.25, 0.3) is 0 Å². The summed E-state index contributed by atoms with van der Waals surface area (Å²) in [4.78, 5) is 2.77. The summed E-state index contributed by atoms with van der Waals surface area (Å²) in [5.74, 6) is 0.379. The normalized spacial score (nSPS) is 15.5. The van der Waals surface area contributed by atoms with E-state index in [1.54, 1.807) is 0 Å². The first kappa shape index (κ1) is 28.1. The predicted octanol–water partition coefficient (Wildman–Crippen LogP) is 13.9. The highest BCUT2D eigenvalue weighted by Gasteiger charge is 2.32. The van der Waals surface area contributed by atoms with Crippen molar-refractivity contribution in [2.75, 3.05) is 0 Å². The Morgan fingerprint density at radius 2 is 1.14 bits per heavy atom. The molecule has 0 bridgehead atoms. The molecule has 2 heteroatoms. The van der Waals surface area contributed by atoms with Crippen molar-refractivity contribution in [1.82, 2.24) is 0 Å². The van der Waals surface area contributed by atoms with Gasteiger partial charge in [-0.1, -0.05) is 151 Å². The van der Waals surface area contributed by atoms with Gasteiger partial charge in [0.2, 0.25) is 0 Å². The summed E-state index contributed by atoms with van der Waals surface area (Å²) in [6, 6.07) is 55.3. The molecule has 0 saturated heterocycles. The Morgan fingerprint density at radius 3 is 1.90 bits per heavy atom. The number of thioether (sulfide) groups is 1. The predicted molar refractivity (Wildman–Crippen MR) is 213 cm³/mol. The van der Waals surface area contributed by atoms with Gasteiger partial charge in [0, 0.05) is 27.0 Å². The smallest absolute Gasteiger partial charge is 0.144 e. The van der Waals surface area contributed by atoms with Gasteiger partial charge in [-0.3, -0.25) is 0 Å². The Hall–Kier alpha value is -5.83. The van der Waals surface area contributed by atoms with Crippen LogP contribution in [0, 0.1) is 0 Å². The summed E-state index contributed by atoms with van der Waals surface area (Å²) in [5.41, 5.74) is 11.0. The Morgan fingerprint density at radius 1 is 0.520 bits per heavy atom. The van der Waals surface area contributed by atoms with Crippen molar-refractivity contribution >= 4 is 71.6 Å². The maximum absolute atomic E-state index is 6.54. The molecule has 1 atom stereocenters. The second-order valence-corrected chi connectivity index (χ2v) is 14.6. The van der Waals surface area contributed by atoms with Crippen LogP contribution in [-0.2, 0) is 0 Å². The first-order chi connectivity index (χ1) is 24.8. The highest BCUT2D eigenvalue weighted by atomic mass is 32.2. The number of hydrogen-bond donors (Lipinski definition) is 0. The lowest BCUT2D eigenvalue weighted by atomic mass is 9.84. The molecule has 0 N–H and O–H groups in total. The second-order valence-electron chi connectivity index (χ2n) is 13.5. The van der Waals surface area contributed by atoms with Gasteiger partial charge < -0.3 is 4.42 Å². The molecule has 0 fully saturated rings. The maximum atomic E-state index is 6.54. The van der Waals surface area contributed by atoms with E-state index in [4.69, 9.17) is 4.42 Å². The summed E-state index contributed by atoms with van der Waals surface area (Å²) >= 11 is 1.94. The third-order valence-corrected chi connectivity index (χ3v) is 12.1. The van der Waals surface area contributed by atoms with Crippen LogP contribution in [0.25, 0.3) is 82.1 Å². The summed E-state index contributed by atoms with van der Waals surface area (Å²) < 4.78 is 6.54. The van der Waals surface area contributed by atoms with Gasteiger partial charge in [-0.25, -0.2) is 0 Å². The molecular formula is C48H30OS. The van der Waals surface area contributed by atoms with E-state index in [9.17, 15) is 0 Å². The minimum atomic E-state index is 0.379. The van der Waals surface area contributed by atoms with Crippen molar-refractivity contribution in [2.45, 2.75) is 17.2 Å². The van der Waals surface area contributed by atoms with Gasteiger partial charge in [0.1, 0.15) is 11.2 Å². The molecule has 2 heterocycles. The maximum Gasteiger partial charge on any atom is 0.144 e. The molecule has 0 amide bonds. The van der Waals surface area contributed by atoms with Gasteiger partial charge in [-0.05, 0) is 101 Å². The van der Waals surface area contributed by atoms with E-state index in [2.05, 4.69) is 164 Å². The zero-order chi connectivity index (χ0) is 32.8. The largest absolute Gasteiger partial charge is 0.455 e. The topological polar surface area (TPSA) is 13.1 Å². The van der Waals surface area contributed by atoms with E-state index in [0.29, 0.717) is 5.92 Å². The first-order valence-electron chi connectivity index (χ1n) is 17.4.